The normalized spacial score (nSPS) is 46.9. The minimum Gasteiger partial charge on any atom is -0.393 e. The van der Waals surface area contributed by atoms with Crippen LogP contribution in [0.2, 0.25) is 0 Å². The number of hydrogen-bond acceptors (Lipinski definition) is 2. The van der Waals surface area contributed by atoms with Gasteiger partial charge >= 0.3 is 6.18 Å². The van der Waals surface area contributed by atoms with Crippen molar-refractivity contribution >= 4 is 0 Å². The summed E-state index contributed by atoms with van der Waals surface area (Å²) in [4.78, 5) is 0. The zero-order valence-corrected chi connectivity index (χ0v) is 20.9. The molecule has 0 spiro atoms. The van der Waals surface area contributed by atoms with Crippen LogP contribution in [0.3, 0.4) is 0 Å². The SMILES string of the molecule is CC.CC1CC2C3CCC4CC(O)CCC4(C)C3CCC2(C)C1CCCC(O)C(F)(F)F. The number of aliphatic hydroxyl groups excluding tert-OH is 2. The zero-order chi connectivity index (χ0) is 23.9. The second-order valence-electron chi connectivity index (χ2n) is 11.9. The molecule has 2 nitrogen and oxygen atoms in total. The van der Waals surface area contributed by atoms with Crippen LogP contribution in [-0.2, 0) is 0 Å². The highest BCUT2D eigenvalue weighted by atomic mass is 19.4. The van der Waals surface area contributed by atoms with Crippen molar-refractivity contribution in [1.82, 2.24) is 0 Å². The van der Waals surface area contributed by atoms with Gasteiger partial charge in [-0.3, -0.25) is 0 Å². The molecule has 0 amide bonds. The van der Waals surface area contributed by atoms with Crippen LogP contribution in [0.15, 0.2) is 0 Å². The summed E-state index contributed by atoms with van der Waals surface area (Å²) in [6, 6.07) is 0. The third-order valence-electron chi connectivity index (χ3n) is 10.6. The van der Waals surface area contributed by atoms with Crippen molar-refractivity contribution in [2.24, 2.45) is 46.3 Å². The molecule has 188 valence electrons. The second-order valence-corrected chi connectivity index (χ2v) is 11.9. The number of halogens is 3. The minimum atomic E-state index is -4.49. The molecule has 4 fully saturated rings. The fourth-order valence-electron chi connectivity index (χ4n) is 9.01. The molecular formula is C27H47F3O2. The number of rotatable bonds is 4. The van der Waals surface area contributed by atoms with E-state index in [1.807, 2.05) is 13.8 Å². The van der Waals surface area contributed by atoms with Gasteiger partial charge in [-0.05, 0) is 111 Å². The molecule has 32 heavy (non-hydrogen) atoms. The minimum absolute atomic E-state index is 0.114. The summed E-state index contributed by atoms with van der Waals surface area (Å²) in [5.74, 6) is 3.87. The molecule has 4 rings (SSSR count). The number of aliphatic hydroxyl groups is 2. The van der Waals surface area contributed by atoms with E-state index in [2.05, 4.69) is 20.8 Å². The van der Waals surface area contributed by atoms with E-state index in [0.29, 0.717) is 35.5 Å². The Bertz CT molecular complexity index is 623. The molecule has 10 unspecified atom stereocenters. The van der Waals surface area contributed by atoms with E-state index in [9.17, 15) is 23.4 Å². The fraction of sp³-hybridized carbons (Fsp3) is 1.00. The highest BCUT2D eigenvalue weighted by Crippen LogP contribution is 2.68. The van der Waals surface area contributed by atoms with Gasteiger partial charge in [0.25, 0.3) is 0 Å². The summed E-state index contributed by atoms with van der Waals surface area (Å²) in [7, 11) is 0. The van der Waals surface area contributed by atoms with Crippen LogP contribution in [0.4, 0.5) is 13.2 Å². The first-order valence-corrected chi connectivity index (χ1v) is 13.4. The van der Waals surface area contributed by atoms with Crippen molar-refractivity contribution in [2.45, 2.75) is 124 Å². The third kappa shape index (κ3) is 4.63. The predicted octanol–water partition coefficient (Wildman–Crippen LogP) is 7.37. The highest BCUT2D eigenvalue weighted by Gasteiger charge is 2.61. The third-order valence-corrected chi connectivity index (χ3v) is 10.6. The molecule has 0 bridgehead atoms. The topological polar surface area (TPSA) is 40.5 Å². The molecule has 0 aromatic heterocycles. The Morgan fingerprint density at radius 1 is 0.938 bits per heavy atom. The average molecular weight is 461 g/mol. The van der Waals surface area contributed by atoms with Crippen LogP contribution in [-0.4, -0.2) is 28.6 Å². The largest absolute Gasteiger partial charge is 0.414 e. The van der Waals surface area contributed by atoms with E-state index in [1.165, 1.54) is 32.1 Å². The summed E-state index contributed by atoms with van der Waals surface area (Å²) in [5, 5.41) is 19.6. The Kier molecular flexibility index (Phi) is 8.02. The van der Waals surface area contributed by atoms with E-state index < -0.39 is 12.3 Å². The molecule has 0 aromatic rings. The zero-order valence-electron chi connectivity index (χ0n) is 20.9. The lowest BCUT2D eigenvalue weighted by molar-refractivity contribution is -0.206. The van der Waals surface area contributed by atoms with Crippen molar-refractivity contribution in [3.05, 3.63) is 0 Å². The quantitative estimate of drug-likeness (QED) is 0.460. The molecule has 0 saturated heterocycles. The Balaban J connectivity index is 0.00000141. The standard InChI is InChI=1S/C25H41F3O2.C2H6/c1-15-13-21-18-8-7-16-14-17(29)9-11-23(16,2)20(18)10-12-24(21,3)19(15)5-4-6-22(30)25(26,27)28;1-2/h15-22,29-30H,4-14H2,1-3H3;1-2H3. The van der Waals surface area contributed by atoms with E-state index in [-0.39, 0.29) is 17.9 Å². The Hall–Kier alpha value is -0.290. The molecule has 4 aliphatic rings. The number of alkyl halides is 3. The van der Waals surface area contributed by atoms with Crippen molar-refractivity contribution in [3.8, 4) is 0 Å². The van der Waals surface area contributed by atoms with E-state index >= 15 is 0 Å². The summed E-state index contributed by atoms with van der Waals surface area (Å²) in [5.41, 5.74) is 0.600. The van der Waals surface area contributed by atoms with Gasteiger partial charge in [0.2, 0.25) is 0 Å². The molecule has 0 heterocycles. The smallest absolute Gasteiger partial charge is 0.393 e. The molecule has 2 N–H and O–H groups in total. The maximum Gasteiger partial charge on any atom is 0.414 e. The molecule has 4 aliphatic carbocycles. The first kappa shape index (κ1) is 26.3. The van der Waals surface area contributed by atoms with Crippen LogP contribution < -0.4 is 0 Å². The highest BCUT2D eigenvalue weighted by molar-refractivity contribution is 5.10. The fourth-order valence-corrected chi connectivity index (χ4v) is 9.01. The second kappa shape index (κ2) is 9.76. The molecule has 10 atom stereocenters. The van der Waals surface area contributed by atoms with Gasteiger partial charge in [-0.15, -0.1) is 0 Å². The van der Waals surface area contributed by atoms with Crippen LogP contribution in [0, 0.1) is 46.3 Å². The maximum atomic E-state index is 12.7. The van der Waals surface area contributed by atoms with Crippen LogP contribution in [0.25, 0.3) is 0 Å². The van der Waals surface area contributed by atoms with Gasteiger partial charge in [0.1, 0.15) is 6.10 Å². The van der Waals surface area contributed by atoms with Gasteiger partial charge in [-0.1, -0.05) is 41.0 Å². The van der Waals surface area contributed by atoms with E-state index in [1.54, 1.807) is 0 Å². The average Bonchev–Trinajstić information content (AvgIpc) is 2.99. The molecule has 0 radical (unpaired) electrons. The monoisotopic (exact) mass is 460 g/mol. The van der Waals surface area contributed by atoms with Crippen LogP contribution in [0.1, 0.15) is 105 Å². The first-order valence-electron chi connectivity index (χ1n) is 13.4. The van der Waals surface area contributed by atoms with Crippen LogP contribution in [0.5, 0.6) is 0 Å². The van der Waals surface area contributed by atoms with Gasteiger partial charge in [-0.25, -0.2) is 0 Å². The number of fused-ring (bicyclic) bond motifs is 5. The summed E-state index contributed by atoms with van der Waals surface area (Å²) >= 11 is 0. The Labute approximate surface area is 193 Å². The Morgan fingerprint density at radius 3 is 2.25 bits per heavy atom. The van der Waals surface area contributed by atoms with Gasteiger partial charge < -0.3 is 10.2 Å². The summed E-state index contributed by atoms with van der Waals surface area (Å²) in [6.45, 7) is 11.2. The van der Waals surface area contributed by atoms with Gasteiger partial charge in [0.15, 0.2) is 0 Å². The first-order chi connectivity index (χ1) is 15.0. The van der Waals surface area contributed by atoms with Crippen LogP contribution >= 0.6 is 0 Å². The Morgan fingerprint density at radius 2 is 1.59 bits per heavy atom. The van der Waals surface area contributed by atoms with Crippen molar-refractivity contribution in [2.75, 3.05) is 0 Å². The summed E-state index contributed by atoms with van der Waals surface area (Å²) in [6.07, 6.45) is 3.55. The van der Waals surface area contributed by atoms with Crippen molar-refractivity contribution in [1.29, 1.82) is 0 Å². The molecule has 0 aromatic carbocycles. The lowest BCUT2D eigenvalue weighted by atomic mass is 9.44. The summed E-state index contributed by atoms with van der Waals surface area (Å²) < 4.78 is 38.1. The van der Waals surface area contributed by atoms with Gasteiger partial charge in [-0.2, -0.15) is 13.2 Å². The van der Waals surface area contributed by atoms with E-state index in [4.69, 9.17) is 0 Å². The number of hydrogen-bond donors (Lipinski definition) is 2. The van der Waals surface area contributed by atoms with Gasteiger partial charge in [0, 0.05) is 0 Å². The van der Waals surface area contributed by atoms with Crippen molar-refractivity contribution < 1.29 is 23.4 Å². The maximum absolute atomic E-state index is 12.7. The molecule has 4 saturated carbocycles. The van der Waals surface area contributed by atoms with Crippen molar-refractivity contribution in [3.63, 3.8) is 0 Å². The molecule has 5 heteroatoms. The molecule has 0 aliphatic heterocycles. The van der Waals surface area contributed by atoms with Gasteiger partial charge in [0.05, 0.1) is 6.10 Å². The molecular weight excluding hydrogens is 413 g/mol. The lowest BCUT2D eigenvalue weighted by Gasteiger charge is -2.61. The van der Waals surface area contributed by atoms with E-state index in [0.717, 1.165) is 37.5 Å². The lowest BCUT2D eigenvalue weighted by Crippen LogP contribution is -2.53. The predicted molar refractivity (Wildman–Crippen MR) is 123 cm³/mol.